The van der Waals surface area contributed by atoms with Crippen molar-refractivity contribution in [2.24, 2.45) is 0 Å². The van der Waals surface area contributed by atoms with Crippen LogP contribution in [0.1, 0.15) is 31.9 Å². The van der Waals surface area contributed by atoms with Gasteiger partial charge in [-0.15, -0.1) is 0 Å². The summed E-state index contributed by atoms with van der Waals surface area (Å²) in [7, 11) is 1.52. The first-order valence-corrected chi connectivity index (χ1v) is 12.3. The van der Waals surface area contributed by atoms with Gasteiger partial charge in [0.1, 0.15) is 29.2 Å². The van der Waals surface area contributed by atoms with E-state index < -0.39 is 23.4 Å². The number of fused-ring (bicyclic) bond motifs is 1. The molecule has 3 aromatic rings. The molecule has 0 unspecified atom stereocenters. The van der Waals surface area contributed by atoms with Crippen LogP contribution in [-0.2, 0) is 9.47 Å². The maximum absolute atomic E-state index is 13.0. The molecule has 2 fully saturated rings. The number of phenols is 1. The molecule has 0 radical (unpaired) electrons. The summed E-state index contributed by atoms with van der Waals surface area (Å²) in [6.07, 6.45) is 0.467. The van der Waals surface area contributed by atoms with Crippen molar-refractivity contribution in [2.75, 3.05) is 37.0 Å². The molecule has 2 saturated heterocycles. The average molecular weight is 522 g/mol. The Kier molecular flexibility index (Phi) is 5.96. The third kappa shape index (κ3) is 4.48. The number of phenolic OH excluding ortho intramolecular Hbond substituents is 1. The number of rotatable bonds is 4. The van der Waals surface area contributed by atoms with E-state index in [4.69, 9.17) is 14.2 Å². The van der Waals surface area contributed by atoms with E-state index in [9.17, 15) is 14.7 Å². The molecule has 0 bridgehead atoms. The van der Waals surface area contributed by atoms with Gasteiger partial charge in [0.15, 0.2) is 5.60 Å². The molecule has 5 rings (SSSR count). The van der Waals surface area contributed by atoms with E-state index in [2.05, 4.69) is 15.3 Å². The molecule has 2 aliphatic heterocycles. The highest BCUT2D eigenvalue weighted by atomic mass is 16.6. The van der Waals surface area contributed by atoms with Crippen LogP contribution < -0.4 is 15.0 Å². The van der Waals surface area contributed by atoms with E-state index in [-0.39, 0.29) is 25.4 Å². The molecule has 1 spiro atoms. The van der Waals surface area contributed by atoms with E-state index >= 15 is 0 Å². The Labute approximate surface area is 220 Å². The van der Waals surface area contributed by atoms with Gasteiger partial charge in [0, 0.05) is 22.7 Å². The van der Waals surface area contributed by atoms with E-state index in [0.717, 1.165) is 5.56 Å². The number of amides is 2. The summed E-state index contributed by atoms with van der Waals surface area (Å²) in [5, 5.41) is 14.3. The molecule has 38 heavy (non-hydrogen) atoms. The minimum absolute atomic E-state index is 0.210. The Morgan fingerprint density at radius 3 is 2.58 bits per heavy atom. The summed E-state index contributed by atoms with van der Waals surface area (Å²) in [5.41, 5.74) is 1.84. The Balaban J connectivity index is 1.44. The summed E-state index contributed by atoms with van der Waals surface area (Å²) < 4.78 is 16.8. The molecular weight excluding hydrogens is 490 g/mol. The number of carbonyl (C=O) groups excluding carboxylic acids is 2. The normalized spacial score (nSPS) is 16.4. The molecule has 0 aliphatic carbocycles. The van der Waals surface area contributed by atoms with Gasteiger partial charge >= 0.3 is 12.2 Å². The zero-order valence-electron chi connectivity index (χ0n) is 22.3. The SMILES string of the molecule is COc1cc2ncnc(Nc3ccc(C)c(O)c3C)c2cc1N1CC2(CN(C(=O)OC(C)(C)C)C2)OC1=O. The Bertz CT molecular complexity index is 1440. The number of hydrogen-bond donors (Lipinski definition) is 2. The van der Waals surface area contributed by atoms with E-state index in [0.29, 0.717) is 39.4 Å². The number of carbonyl (C=O) groups is 2. The number of aromatic hydroxyl groups is 1. The summed E-state index contributed by atoms with van der Waals surface area (Å²) in [6, 6.07) is 7.21. The van der Waals surface area contributed by atoms with Crippen LogP contribution in [0, 0.1) is 13.8 Å². The highest BCUT2D eigenvalue weighted by molar-refractivity contribution is 6.00. The van der Waals surface area contributed by atoms with Crippen LogP contribution in [0.3, 0.4) is 0 Å². The molecule has 2 aromatic carbocycles. The molecule has 3 heterocycles. The molecule has 0 atom stereocenters. The number of aromatic nitrogens is 2. The monoisotopic (exact) mass is 521 g/mol. The van der Waals surface area contributed by atoms with Gasteiger partial charge in [0.2, 0.25) is 0 Å². The van der Waals surface area contributed by atoms with Crippen molar-refractivity contribution in [3.63, 3.8) is 0 Å². The number of likely N-dealkylation sites (tertiary alicyclic amines) is 1. The lowest BCUT2D eigenvalue weighted by Crippen LogP contribution is -2.66. The first-order chi connectivity index (χ1) is 17.9. The molecule has 11 heteroatoms. The molecule has 0 saturated carbocycles. The predicted octanol–water partition coefficient (Wildman–Crippen LogP) is 4.65. The van der Waals surface area contributed by atoms with Crippen LogP contribution in [0.5, 0.6) is 11.5 Å². The highest BCUT2D eigenvalue weighted by Crippen LogP contribution is 2.42. The van der Waals surface area contributed by atoms with Crippen molar-refractivity contribution in [3.05, 3.63) is 41.7 Å². The Hall–Kier alpha value is -4.28. The second kappa shape index (κ2) is 8.93. The summed E-state index contributed by atoms with van der Waals surface area (Å²) in [5.74, 6) is 1.16. The van der Waals surface area contributed by atoms with Gasteiger partial charge in [-0.25, -0.2) is 19.6 Å². The molecular formula is C27H31N5O6. The fraction of sp³-hybridized carbons (Fsp3) is 0.407. The fourth-order valence-corrected chi connectivity index (χ4v) is 4.72. The third-order valence-electron chi connectivity index (χ3n) is 6.69. The number of anilines is 3. The molecule has 2 amide bonds. The second-order valence-electron chi connectivity index (χ2n) is 10.8. The summed E-state index contributed by atoms with van der Waals surface area (Å²) in [4.78, 5) is 37.2. The van der Waals surface area contributed by atoms with Gasteiger partial charge in [0.25, 0.3) is 0 Å². The number of nitrogens with one attached hydrogen (secondary N) is 1. The zero-order valence-corrected chi connectivity index (χ0v) is 22.3. The lowest BCUT2D eigenvalue weighted by molar-refractivity contribution is -0.0779. The van der Waals surface area contributed by atoms with Gasteiger partial charge in [-0.2, -0.15) is 0 Å². The van der Waals surface area contributed by atoms with Gasteiger partial charge in [-0.3, -0.25) is 9.80 Å². The second-order valence-corrected chi connectivity index (χ2v) is 10.8. The van der Waals surface area contributed by atoms with Crippen LogP contribution in [0.15, 0.2) is 30.6 Å². The first-order valence-electron chi connectivity index (χ1n) is 12.3. The maximum Gasteiger partial charge on any atom is 0.415 e. The van der Waals surface area contributed by atoms with Crippen molar-refractivity contribution < 1.29 is 28.9 Å². The zero-order chi connectivity index (χ0) is 27.4. The van der Waals surface area contributed by atoms with Gasteiger partial charge in [-0.05, 0) is 52.3 Å². The molecule has 2 aliphatic rings. The van der Waals surface area contributed by atoms with Gasteiger partial charge < -0.3 is 24.6 Å². The van der Waals surface area contributed by atoms with Crippen LogP contribution >= 0.6 is 0 Å². The minimum Gasteiger partial charge on any atom is -0.507 e. The topological polar surface area (TPSA) is 126 Å². The smallest absolute Gasteiger partial charge is 0.415 e. The number of benzene rings is 2. The Morgan fingerprint density at radius 1 is 1.16 bits per heavy atom. The largest absolute Gasteiger partial charge is 0.507 e. The molecule has 200 valence electrons. The van der Waals surface area contributed by atoms with Gasteiger partial charge in [-0.1, -0.05) is 6.07 Å². The summed E-state index contributed by atoms with van der Waals surface area (Å²) >= 11 is 0. The van der Waals surface area contributed by atoms with Crippen molar-refractivity contribution in [1.82, 2.24) is 14.9 Å². The quantitative estimate of drug-likeness (QED) is 0.504. The van der Waals surface area contributed by atoms with Crippen LogP contribution in [0.4, 0.5) is 26.8 Å². The van der Waals surface area contributed by atoms with Crippen LogP contribution in [0.2, 0.25) is 0 Å². The lowest BCUT2D eigenvalue weighted by atomic mass is 9.94. The van der Waals surface area contributed by atoms with Crippen LogP contribution in [-0.4, -0.2) is 70.1 Å². The van der Waals surface area contributed by atoms with Gasteiger partial charge in [0.05, 0.1) is 37.9 Å². The van der Waals surface area contributed by atoms with Crippen molar-refractivity contribution >= 4 is 40.3 Å². The fourth-order valence-electron chi connectivity index (χ4n) is 4.72. The summed E-state index contributed by atoms with van der Waals surface area (Å²) in [6.45, 7) is 9.80. The minimum atomic E-state index is -0.821. The highest BCUT2D eigenvalue weighted by Gasteiger charge is 2.56. The maximum atomic E-state index is 13.0. The predicted molar refractivity (Wildman–Crippen MR) is 141 cm³/mol. The standard InChI is InChI=1S/C27H31N5O6/c1-15-7-8-18(16(2)22(15)33)30-23-17-9-20(21(36-6)10-19(17)28-14-29-23)32-13-27(38-25(32)35)11-31(12-27)24(34)37-26(3,4)5/h7-10,14,33H,11-13H2,1-6H3,(H,28,29,30). The number of nitrogens with zero attached hydrogens (tertiary/aromatic N) is 4. The van der Waals surface area contributed by atoms with Crippen LogP contribution in [0.25, 0.3) is 10.9 Å². The van der Waals surface area contributed by atoms with Crippen molar-refractivity contribution in [1.29, 1.82) is 0 Å². The third-order valence-corrected chi connectivity index (χ3v) is 6.69. The van der Waals surface area contributed by atoms with E-state index in [1.54, 1.807) is 32.9 Å². The average Bonchev–Trinajstić information content (AvgIpc) is 3.19. The first kappa shape index (κ1) is 25.4. The molecule has 11 nitrogen and oxygen atoms in total. The van der Waals surface area contributed by atoms with E-state index in [1.165, 1.54) is 23.2 Å². The Morgan fingerprint density at radius 2 is 1.89 bits per heavy atom. The number of ether oxygens (including phenoxy) is 3. The number of hydrogen-bond acceptors (Lipinski definition) is 9. The van der Waals surface area contributed by atoms with E-state index in [1.807, 2.05) is 26.0 Å². The van der Waals surface area contributed by atoms with Crippen molar-refractivity contribution in [3.8, 4) is 11.5 Å². The lowest BCUT2D eigenvalue weighted by Gasteiger charge is -2.45. The molecule has 2 N–H and O–H groups in total. The molecule has 1 aromatic heterocycles. The number of aryl methyl sites for hydroxylation is 1. The number of methoxy groups -OCH3 is 1. The van der Waals surface area contributed by atoms with Crippen molar-refractivity contribution in [2.45, 2.75) is 45.8 Å².